The van der Waals surface area contributed by atoms with E-state index in [0.29, 0.717) is 0 Å². The Morgan fingerprint density at radius 3 is 2.61 bits per heavy atom. The Bertz CT molecular complexity index is 418. The molecular weight excluding hydrogens is 246 g/mol. The second-order valence-electron chi connectivity index (χ2n) is 4.83. The Balaban J connectivity index is 1.79. The summed E-state index contributed by atoms with van der Waals surface area (Å²) in [5, 5.41) is 8.89. The lowest BCUT2D eigenvalue weighted by molar-refractivity contribution is -0.138. The first-order valence-corrected chi connectivity index (χ1v) is 7.40. The van der Waals surface area contributed by atoms with Gasteiger partial charge in [-0.2, -0.15) is 0 Å². The molecule has 1 N–H and O–H groups in total. The molecule has 0 amide bonds. The third-order valence-electron chi connectivity index (χ3n) is 3.55. The number of aliphatic carboxylic acids is 1. The number of hydrogen-bond donors (Lipinski definition) is 1. The Labute approximate surface area is 112 Å². The average Bonchev–Trinajstić information content (AvgIpc) is 3.17. The van der Waals surface area contributed by atoms with Crippen LogP contribution in [0, 0.1) is 5.92 Å². The van der Waals surface area contributed by atoms with E-state index in [1.54, 1.807) is 11.8 Å². The van der Waals surface area contributed by atoms with E-state index >= 15 is 0 Å². The van der Waals surface area contributed by atoms with Gasteiger partial charge in [-0.05, 0) is 43.8 Å². The summed E-state index contributed by atoms with van der Waals surface area (Å²) in [6, 6.07) is 8.82. The molecule has 0 spiro atoms. The molecule has 1 aromatic rings. The van der Waals surface area contributed by atoms with E-state index in [-0.39, 0.29) is 12.0 Å². The van der Waals surface area contributed by atoms with Crippen molar-refractivity contribution in [2.45, 2.75) is 23.8 Å². The van der Waals surface area contributed by atoms with Crippen molar-refractivity contribution in [1.82, 2.24) is 4.90 Å². The molecule has 0 aliphatic heterocycles. The second kappa shape index (κ2) is 5.76. The molecule has 18 heavy (non-hydrogen) atoms. The van der Waals surface area contributed by atoms with Gasteiger partial charge in [0.15, 0.2) is 0 Å². The number of carboxylic acids is 1. The first-order chi connectivity index (χ1) is 8.61. The third-order valence-corrected chi connectivity index (χ3v) is 4.30. The molecule has 0 bridgehead atoms. The van der Waals surface area contributed by atoms with Crippen molar-refractivity contribution in [3.63, 3.8) is 0 Å². The van der Waals surface area contributed by atoms with Crippen LogP contribution in [0.2, 0.25) is 0 Å². The van der Waals surface area contributed by atoms with Gasteiger partial charge in [0.1, 0.15) is 0 Å². The van der Waals surface area contributed by atoms with E-state index < -0.39 is 5.97 Å². The lowest BCUT2D eigenvalue weighted by atomic mass is 10.1. The summed E-state index contributed by atoms with van der Waals surface area (Å²) < 4.78 is 0. The highest BCUT2D eigenvalue weighted by atomic mass is 32.2. The van der Waals surface area contributed by atoms with Crippen molar-refractivity contribution >= 4 is 17.7 Å². The van der Waals surface area contributed by atoms with Crippen LogP contribution in [0.4, 0.5) is 0 Å². The molecule has 0 heterocycles. The van der Waals surface area contributed by atoms with Gasteiger partial charge in [-0.1, -0.05) is 12.1 Å². The fourth-order valence-electron chi connectivity index (χ4n) is 2.20. The molecule has 3 nitrogen and oxygen atoms in total. The molecule has 2 atom stereocenters. The van der Waals surface area contributed by atoms with Gasteiger partial charge in [0.05, 0.1) is 5.92 Å². The number of hydrogen-bond acceptors (Lipinski definition) is 3. The largest absolute Gasteiger partial charge is 0.481 e. The average molecular weight is 265 g/mol. The zero-order valence-corrected chi connectivity index (χ0v) is 11.6. The van der Waals surface area contributed by atoms with Crippen LogP contribution >= 0.6 is 11.8 Å². The maximum Gasteiger partial charge on any atom is 0.308 e. The molecule has 1 aliphatic rings. The van der Waals surface area contributed by atoms with Crippen LogP contribution in [0.25, 0.3) is 0 Å². The number of benzene rings is 1. The van der Waals surface area contributed by atoms with Crippen molar-refractivity contribution < 1.29 is 9.90 Å². The second-order valence-corrected chi connectivity index (χ2v) is 5.71. The van der Waals surface area contributed by atoms with Gasteiger partial charge in [0, 0.05) is 17.5 Å². The lowest BCUT2D eigenvalue weighted by Gasteiger charge is -2.16. The summed E-state index contributed by atoms with van der Waals surface area (Å²) in [4.78, 5) is 14.2. The van der Waals surface area contributed by atoms with E-state index in [4.69, 9.17) is 5.11 Å². The highest BCUT2D eigenvalue weighted by Gasteiger charge is 2.45. The van der Waals surface area contributed by atoms with E-state index in [9.17, 15) is 4.79 Å². The fraction of sp³-hybridized carbons (Fsp3) is 0.500. The number of rotatable bonds is 6. The summed E-state index contributed by atoms with van der Waals surface area (Å²) in [7, 11) is 2.02. The highest BCUT2D eigenvalue weighted by Crippen LogP contribution is 2.35. The van der Waals surface area contributed by atoms with Gasteiger partial charge in [0.25, 0.3) is 0 Å². The minimum absolute atomic E-state index is 0.145. The molecule has 0 radical (unpaired) electrons. The normalized spacial score (nSPS) is 22.2. The van der Waals surface area contributed by atoms with E-state index in [1.807, 2.05) is 7.05 Å². The molecular formula is C14H19NO2S. The van der Waals surface area contributed by atoms with Crippen LogP contribution in [0.1, 0.15) is 12.0 Å². The van der Waals surface area contributed by atoms with Crippen molar-refractivity contribution in [3.8, 4) is 0 Å². The van der Waals surface area contributed by atoms with Crippen molar-refractivity contribution in [3.05, 3.63) is 29.8 Å². The number of likely N-dealkylation sites (N-methyl/N-ethyl adjacent to an activating group) is 1. The standard InChI is InChI=1S/C14H19NO2S/c1-15(13-9-12(13)14(16)17)8-7-10-3-5-11(18-2)6-4-10/h3-6,12-13H,7-9H2,1-2H3,(H,16,17). The van der Waals surface area contributed by atoms with Gasteiger partial charge in [-0.25, -0.2) is 0 Å². The van der Waals surface area contributed by atoms with Crippen LogP contribution in [-0.4, -0.2) is 41.9 Å². The molecule has 1 saturated carbocycles. The minimum atomic E-state index is -0.656. The molecule has 0 aromatic heterocycles. The Morgan fingerprint density at radius 1 is 1.44 bits per heavy atom. The predicted molar refractivity (Wildman–Crippen MR) is 74.1 cm³/mol. The molecule has 1 fully saturated rings. The molecule has 98 valence electrons. The monoisotopic (exact) mass is 265 g/mol. The van der Waals surface area contributed by atoms with Gasteiger partial charge >= 0.3 is 5.97 Å². The zero-order chi connectivity index (χ0) is 13.1. The fourth-order valence-corrected chi connectivity index (χ4v) is 2.61. The molecule has 1 aromatic carbocycles. The number of carboxylic acid groups (broad SMARTS) is 1. The minimum Gasteiger partial charge on any atom is -0.481 e. The molecule has 4 heteroatoms. The van der Waals surface area contributed by atoms with E-state index in [0.717, 1.165) is 19.4 Å². The smallest absolute Gasteiger partial charge is 0.308 e. The van der Waals surface area contributed by atoms with Crippen LogP contribution in [0.5, 0.6) is 0 Å². The first kappa shape index (κ1) is 13.4. The van der Waals surface area contributed by atoms with Gasteiger partial charge in [-0.15, -0.1) is 11.8 Å². The first-order valence-electron chi connectivity index (χ1n) is 6.18. The topological polar surface area (TPSA) is 40.5 Å². The predicted octanol–water partition coefficient (Wildman–Crippen LogP) is 2.36. The third kappa shape index (κ3) is 3.27. The van der Waals surface area contributed by atoms with Crippen LogP contribution in [0.15, 0.2) is 29.2 Å². The number of nitrogens with zero attached hydrogens (tertiary/aromatic N) is 1. The summed E-state index contributed by atoms with van der Waals surface area (Å²) in [6.45, 7) is 0.924. The quantitative estimate of drug-likeness (QED) is 0.802. The number of carbonyl (C=O) groups is 1. The van der Waals surface area contributed by atoms with E-state index in [1.165, 1.54) is 10.5 Å². The summed E-state index contributed by atoms with van der Waals surface area (Å²) in [6.07, 6.45) is 3.85. The number of thioether (sulfide) groups is 1. The van der Waals surface area contributed by atoms with Crippen molar-refractivity contribution in [1.29, 1.82) is 0 Å². The van der Waals surface area contributed by atoms with Crippen molar-refractivity contribution in [2.75, 3.05) is 19.8 Å². The van der Waals surface area contributed by atoms with Crippen LogP contribution < -0.4 is 0 Å². The molecule has 0 saturated heterocycles. The highest BCUT2D eigenvalue weighted by molar-refractivity contribution is 7.98. The molecule has 1 aliphatic carbocycles. The Kier molecular flexibility index (Phi) is 4.30. The van der Waals surface area contributed by atoms with Gasteiger partial charge in [0.2, 0.25) is 0 Å². The SMILES string of the molecule is CSc1ccc(CCN(C)C2CC2C(=O)O)cc1. The zero-order valence-electron chi connectivity index (χ0n) is 10.8. The maximum absolute atomic E-state index is 10.8. The molecule has 2 rings (SSSR count). The molecule has 2 unspecified atom stereocenters. The van der Waals surface area contributed by atoms with Gasteiger partial charge < -0.3 is 10.0 Å². The van der Waals surface area contributed by atoms with E-state index in [2.05, 4.69) is 35.4 Å². The summed E-state index contributed by atoms with van der Waals surface area (Å²) in [5.74, 6) is -0.801. The Morgan fingerprint density at radius 2 is 2.11 bits per heavy atom. The Hall–Kier alpha value is -1.00. The van der Waals surface area contributed by atoms with Gasteiger partial charge in [-0.3, -0.25) is 4.79 Å². The summed E-state index contributed by atoms with van der Waals surface area (Å²) in [5.41, 5.74) is 1.31. The van der Waals surface area contributed by atoms with Crippen LogP contribution in [-0.2, 0) is 11.2 Å². The van der Waals surface area contributed by atoms with Crippen LogP contribution in [0.3, 0.4) is 0 Å². The maximum atomic E-state index is 10.8. The lowest BCUT2D eigenvalue weighted by Crippen LogP contribution is -2.26. The van der Waals surface area contributed by atoms with Crippen molar-refractivity contribution in [2.24, 2.45) is 5.92 Å². The summed E-state index contributed by atoms with van der Waals surface area (Å²) >= 11 is 1.74.